The zero-order valence-corrected chi connectivity index (χ0v) is 10.1. The van der Waals surface area contributed by atoms with Gasteiger partial charge in [-0.05, 0) is 53.8 Å². The predicted octanol–water partition coefficient (Wildman–Crippen LogP) is 2.49. The van der Waals surface area contributed by atoms with Crippen LogP contribution in [0.3, 0.4) is 0 Å². The zero-order valence-electron chi connectivity index (χ0n) is 8.51. The number of hydrogen-bond donors (Lipinski definition) is 1. The molecule has 15 heavy (non-hydrogen) atoms. The topological polar surface area (TPSA) is 37.8 Å². The minimum atomic E-state index is 0.323. The number of aryl methyl sites for hydroxylation is 1. The molecular weight excluding hydrogens is 226 g/mol. The molecule has 1 atom stereocenters. The van der Waals surface area contributed by atoms with Crippen LogP contribution in [0.5, 0.6) is 0 Å². The lowest BCUT2D eigenvalue weighted by Gasteiger charge is -2.12. The Morgan fingerprint density at radius 2 is 2.40 bits per heavy atom. The molecule has 0 saturated heterocycles. The second-order valence-electron chi connectivity index (χ2n) is 3.34. The minimum Gasteiger partial charge on any atom is -0.312 e. The highest BCUT2D eigenvalue weighted by Crippen LogP contribution is 2.18. The first kappa shape index (κ1) is 10.7. The number of hydrogen-bond acceptors (Lipinski definition) is 5. The van der Waals surface area contributed by atoms with Gasteiger partial charge in [-0.1, -0.05) is 4.49 Å². The van der Waals surface area contributed by atoms with Crippen LogP contribution in [-0.4, -0.2) is 16.6 Å². The molecule has 0 fully saturated rings. The third-order valence-electron chi connectivity index (χ3n) is 2.38. The van der Waals surface area contributed by atoms with E-state index in [1.807, 2.05) is 12.4 Å². The second-order valence-corrected chi connectivity index (χ2v) is 4.73. The molecule has 2 heterocycles. The van der Waals surface area contributed by atoms with Gasteiger partial charge in [0, 0.05) is 5.38 Å². The average molecular weight is 239 g/mol. The van der Waals surface area contributed by atoms with Gasteiger partial charge in [-0.25, -0.2) is 0 Å². The molecule has 0 amide bonds. The van der Waals surface area contributed by atoms with Crippen molar-refractivity contribution in [2.24, 2.45) is 0 Å². The van der Waals surface area contributed by atoms with Crippen molar-refractivity contribution in [1.82, 2.24) is 14.9 Å². The maximum Gasteiger partial charge on any atom is 0.0924 e. The van der Waals surface area contributed by atoms with Crippen LogP contribution in [0.1, 0.15) is 23.7 Å². The Morgan fingerprint density at radius 3 is 3.00 bits per heavy atom. The predicted molar refractivity (Wildman–Crippen MR) is 64.3 cm³/mol. The van der Waals surface area contributed by atoms with E-state index in [1.54, 1.807) is 11.3 Å². The quantitative estimate of drug-likeness (QED) is 0.871. The number of rotatable bonds is 5. The molecule has 0 spiro atoms. The van der Waals surface area contributed by atoms with Crippen molar-refractivity contribution >= 4 is 22.9 Å². The van der Waals surface area contributed by atoms with E-state index in [0.717, 1.165) is 18.5 Å². The third kappa shape index (κ3) is 2.84. The van der Waals surface area contributed by atoms with Gasteiger partial charge in [0.1, 0.15) is 0 Å². The van der Waals surface area contributed by atoms with Gasteiger partial charge in [0.05, 0.1) is 11.7 Å². The second kappa shape index (κ2) is 5.34. The SMILES string of the molecule is CNC(CCc1ccsc1)c1csnn1. The van der Waals surface area contributed by atoms with Crippen molar-refractivity contribution in [2.75, 3.05) is 7.05 Å². The first-order valence-corrected chi connectivity index (χ1v) is 6.63. The molecule has 2 aromatic rings. The smallest absolute Gasteiger partial charge is 0.0924 e. The van der Waals surface area contributed by atoms with E-state index in [9.17, 15) is 0 Å². The van der Waals surface area contributed by atoms with Crippen LogP contribution in [0.15, 0.2) is 22.2 Å². The van der Waals surface area contributed by atoms with E-state index in [1.165, 1.54) is 17.1 Å². The fraction of sp³-hybridized carbons (Fsp3) is 0.400. The van der Waals surface area contributed by atoms with Crippen LogP contribution in [0.2, 0.25) is 0 Å². The van der Waals surface area contributed by atoms with Crippen LogP contribution in [0, 0.1) is 0 Å². The molecule has 3 nitrogen and oxygen atoms in total. The van der Waals surface area contributed by atoms with E-state index in [-0.39, 0.29) is 0 Å². The highest BCUT2D eigenvalue weighted by Gasteiger charge is 2.11. The van der Waals surface area contributed by atoms with Crippen molar-refractivity contribution in [3.8, 4) is 0 Å². The highest BCUT2D eigenvalue weighted by molar-refractivity contribution is 7.07. The molecule has 0 aliphatic heterocycles. The summed E-state index contributed by atoms with van der Waals surface area (Å²) < 4.78 is 3.89. The molecule has 1 unspecified atom stereocenters. The van der Waals surface area contributed by atoms with Gasteiger partial charge in [-0.3, -0.25) is 0 Å². The molecule has 0 saturated carbocycles. The molecule has 0 bridgehead atoms. The number of nitrogens with zero attached hydrogens (tertiary/aromatic N) is 2. The van der Waals surface area contributed by atoms with Crippen LogP contribution in [0.4, 0.5) is 0 Å². The van der Waals surface area contributed by atoms with E-state index < -0.39 is 0 Å². The lowest BCUT2D eigenvalue weighted by atomic mass is 10.1. The Morgan fingerprint density at radius 1 is 1.47 bits per heavy atom. The van der Waals surface area contributed by atoms with Crippen molar-refractivity contribution in [3.63, 3.8) is 0 Å². The van der Waals surface area contributed by atoms with Gasteiger partial charge in [-0.15, -0.1) is 5.10 Å². The van der Waals surface area contributed by atoms with E-state index in [2.05, 4.69) is 31.7 Å². The van der Waals surface area contributed by atoms with E-state index >= 15 is 0 Å². The summed E-state index contributed by atoms with van der Waals surface area (Å²) in [6.45, 7) is 0. The number of thiophene rings is 1. The Balaban J connectivity index is 1.92. The van der Waals surface area contributed by atoms with Crippen molar-refractivity contribution in [3.05, 3.63) is 33.5 Å². The number of aromatic nitrogens is 2. The Bertz CT molecular complexity index is 369. The molecule has 80 valence electrons. The average Bonchev–Trinajstić information content (AvgIpc) is 2.90. The monoisotopic (exact) mass is 239 g/mol. The van der Waals surface area contributed by atoms with E-state index in [0.29, 0.717) is 6.04 Å². The summed E-state index contributed by atoms with van der Waals surface area (Å²) in [6.07, 6.45) is 2.16. The largest absolute Gasteiger partial charge is 0.312 e. The van der Waals surface area contributed by atoms with Gasteiger partial charge in [0.15, 0.2) is 0 Å². The summed E-state index contributed by atoms with van der Waals surface area (Å²) in [6, 6.07) is 2.50. The van der Waals surface area contributed by atoms with Gasteiger partial charge in [0.25, 0.3) is 0 Å². The van der Waals surface area contributed by atoms with Crippen LogP contribution >= 0.6 is 22.9 Å². The summed E-state index contributed by atoms with van der Waals surface area (Å²) in [5.41, 5.74) is 2.46. The zero-order chi connectivity index (χ0) is 10.5. The standard InChI is InChI=1S/C10H13N3S2/c1-11-9(10-7-15-13-12-10)3-2-8-4-5-14-6-8/h4-7,9,11H,2-3H2,1H3. The highest BCUT2D eigenvalue weighted by atomic mass is 32.1. The molecule has 0 radical (unpaired) electrons. The van der Waals surface area contributed by atoms with Gasteiger partial charge in [0.2, 0.25) is 0 Å². The van der Waals surface area contributed by atoms with Crippen molar-refractivity contribution in [1.29, 1.82) is 0 Å². The van der Waals surface area contributed by atoms with Gasteiger partial charge < -0.3 is 5.32 Å². The fourth-order valence-electron chi connectivity index (χ4n) is 1.51. The molecule has 0 aromatic carbocycles. The maximum atomic E-state index is 4.10. The first-order valence-electron chi connectivity index (χ1n) is 4.85. The molecule has 2 rings (SSSR count). The van der Waals surface area contributed by atoms with Crippen molar-refractivity contribution in [2.45, 2.75) is 18.9 Å². The Hall–Kier alpha value is -0.780. The summed E-state index contributed by atoms with van der Waals surface area (Å²) in [4.78, 5) is 0. The molecule has 2 aromatic heterocycles. The lowest BCUT2D eigenvalue weighted by molar-refractivity contribution is 0.535. The molecular formula is C10H13N3S2. The summed E-state index contributed by atoms with van der Waals surface area (Å²) >= 11 is 3.16. The van der Waals surface area contributed by atoms with Crippen LogP contribution < -0.4 is 5.32 Å². The van der Waals surface area contributed by atoms with E-state index in [4.69, 9.17) is 0 Å². The summed E-state index contributed by atoms with van der Waals surface area (Å²) in [5, 5.41) is 13.7. The normalized spacial score (nSPS) is 12.9. The lowest BCUT2D eigenvalue weighted by Crippen LogP contribution is -2.17. The van der Waals surface area contributed by atoms with Crippen LogP contribution in [0.25, 0.3) is 0 Å². The molecule has 0 aliphatic rings. The molecule has 1 N–H and O–H groups in total. The van der Waals surface area contributed by atoms with Gasteiger partial charge in [-0.2, -0.15) is 11.3 Å². The maximum absolute atomic E-state index is 4.10. The van der Waals surface area contributed by atoms with Crippen LogP contribution in [-0.2, 0) is 6.42 Å². The number of nitrogens with one attached hydrogen (secondary N) is 1. The van der Waals surface area contributed by atoms with Crippen molar-refractivity contribution < 1.29 is 0 Å². The summed E-state index contributed by atoms with van der Waals surface area (Å²) in [5.74, 6) is 0. The summed E-state index contributed by atoms with van der Waals surface area (Å²) in [7, 11) is 1.97. The Kier molecular flexibility index (Phi) is 3.82. The minimum absolute atomic E-state index is 0.323. The Labute approximate surface area is 97.3 Å². The first-order chi connectivity index (χ1) is 7.40. The fourth-order valence-corrected chi connectivity index (χ4v) is 2.72. The molecule has 0 aliphatic carbocycles. The molecule has 5 heteroatoms. The van der Waals surface area contributed by atoms with Gasteiger partial charge >= 0.3 is 0 Å². The third-order valence-corrected chi connectivity index (χ3v) is 3.64.